The number of anilines is 1. The van der Waals surface area contributed by atoms with Crippen molar-refractivity contribution in [3.8, 4) is 22.0 Å². The first-order chi connectivity index (χ1) is 14.4. The average Bonchev–Trinajstić information content (AvgIpc) is 3.37. The summed E-state index contributed by atoms with van der Waals surface area (Å²) in [6, 6.07) is 4.24. The maximum absolute atomic E-state index is 10.8. The van der Waals surface area contributed by atoms with E-state index in [1.54, 1.807) is 24.7 Å². The van der Waals surface area contributed by atoms with Gasteiger partial charge in [-0.05, 0) is 19.1 Å². The Morgan fingerprint density at radius 2 is 2.07 bits per heavy atom. The van der Waals surface area contributed by atoms with Crippen LogP contribution in [0.5, 0.6) is 0 Å². The molecular weight excluding hydrogens is 449 g/mol. The lowest BCUT2D eigenvalue weighted by Crippen LogP contribution is -2.12. The SMILES string of the molecule is CC(Nc1ccc([N+](=O)[O-])cn1)c1ncc(-c2ncc[nH]2)c(-c2sc(Cl)cc2Cl)n1. The lowest BCUT2D eigenvalue weighted by Gasteiger charge is -2.15. The topological polar surface area (TPSA) is 123 Å². The highest BCUT2D eigenvalue weighted by atomic mass is 35.5. The highest BCUT2D eigenvalue weighted by molar-refractivity contribution is 7.20. The van der Waals surface area contributed by atoms with E-state index in [1.807, 2.05) is 6.92 Å². The van der Waals surface area contributed by atoms with E-state index in [2.05, 4.69) is 25.3 Å². The molecule has 12 heteroatoms. The van der Waals surface area contributed by atoms with Crippen LogP contribution in [-0.4, -0.2) is 29.8 Å². The van der Waals surface area contributed by atoms with Crippen LogP contribution in [0.3, 0.4) is 0 Å². The van der Waals surface area contributed by atoms with Crippen LogP contribution >= 0.6 is 34.5 Å². The molecule has 0 radical (unpaired) electrons. The van der Waals surface area contributed by atoms with Gasteiger partial charge in [0.1, 0.15) is 17.8 Å². The van der Waals surface area contributed by atoms with Gasteiger partial charge in [-0.3, -0.25) is 10.1 Å². The maximum Gasteiger partial charge on any atom is 0.287 e. The number of hydrogen-bond acceptors (Lipinski definition) is 8. The first-order valence-corrected chi connectivity index (χ1v) is 10.2. The third-order valence-corrected chi connectivity index (χ3v) is 5.82. The van der Waals surface area contributed by atoms with Crippen LogP contribution in [0.4, 0.5) is 11.5 Å². The van der Waals surface area contributed by atoms with Crippen LogP contribution in [0.15, 0.2) is 43.0 Å². The summed E-state index contributed by atoms with van der Waals surface area (Å²) in [5.74, 6) is 1.56. The molecule has 0 amide bonds. The molecule has 4 heterocycles. The number of aromatic nitrogens is 5. The van der Waals surface area contributed by atoms with Crippen molar-refractivity contribution in [2.75, 3.05) is 5.32 Å². The smallest absolute Gasteiger partial charge is 0.287 e. The molecule has 0 aliphatic carbocycles. The number of H-pyrrole nitrogens is 1. The molecule has 0 aromatic carbocycles. The zero-order valence-electron chi connectivity index (χ0n) is 15.3. The van der Waals surface area contributed by atoms with E-state index in [-0.39, 0.29) is 11.7 Å². The van der Waals surface area contributed by atoms with Crippen LogP contribution in [0.2, 0.25) is 9.36 Å². The fourth-order valence-electron chi connectivity index (χ4n) is 2.73. The van der Waals surface area contributed by atoms with Gasteiger partial charge in [0.15, 0.2) is 5.82 Å². The molecule has 1 unspecified atom stereocenters. The summed E-state index contributed by atoms with van der Waals surface area (Å²) >= 11 is 13.8. The first kappa shape index (κ1) is 20.2. The zero-order valence-corrected chi connectivity index (χ0v) is 17.7. The normalized spacial score (nSPS) is 12.0. The minimum absolute atomic E-state index is 0.0845. The summed E-state index contributed by atoms with van der Waals surface area (Å²) in [6.45, 7) is 1.86. The van der Waals surface area contributed by atoms with Crippen molar-refractivity contribution < 1.29 is 4.92 Å². The standard InChI is InChI=1S/C18H13Cl2N7O2S/c1-9(25-14-3-2-10(7-23-14)27(28)29)17-24-8-11(18-21-4-5-22-18)15(26-17)16-12(19)6-13(20)30-16/h2-9H,1H3,(H,21,22)(H,23,25). The van der Waals surface area contributed by atoms with Crippen LogP contribution in [0, 0.1) is 10.1 Å². The quantitative estimate of drug-likeness (QED) is 0.291. The molecule has 30 heavy (non-hydrogen) atoms. The third kappa shape index (κ3) is 4.11. The van der Waals surface area contributed by atoms with E-state index in [9.17, 15) is 10.1 Å². The van der Waals surface area contributed by atoms with Crippen molar-refractivity contribution in [1.29, 1.82) is 0 Å². The molecular formula is C18H13Cl2N7O2S. The molecule has 1 atom stereocenters. The predicted molar refractivity (Wildman–Crippen MR) is 116 cm³/mol. The number of nitro groups is 1. The predicted octanol–water partition coefficient (Wildman–Crippen LogP) is 5.38. The summed E-state index contributed by atoms with van der Waals surface area (Å²) in [6.07, 6.45) is 6.21. The maximum atomic E-state index is 10.8. The van der Waals surface area contributed by atoms with Gasteiger partial charge in [-0.25, -0.2) is 19.9 Å². The van der Waals surface area contributed by atoms with Gasteiger partial charge in [-0.2, -0.15) is 0 Å². The molecule has 0 saturated heterocycles. The van der Waals surface area contributed by atoms with E-state index in [4.69, 9.17) is 28.2 Å². The largest absolute Gasteiger partial charge is 0.360 e. The molecule has 2 N–H and O–H groups in total. The fraction of sp³-hybridized carbons (Fsp3) is 0.111. The summed E-state index contributed by atoms with van der Waals surface area (Å²) in [4.78, 5) is 31.6. The van der Waals surface area contributed by atoms with E-state index < -0.39 is 4.92 Å². The Kier molecular flexibility index (Phi) is 5.62. The van der Waals surface area contributed by atoms with E-state index >= 15 is 0 Å². The van der Waals surface area contributed by atoms with E-state index in [0.29, 0.717) is 43.0 Å². The number of aromatic amines is 1. The highest BCUT2D eigenvalue weighted by Gasteiger charge is 2.20. The van der Waals surface area contributed by atoms with E-state index in [1.165, 1.54) is 29.7 Å². The lowest BCUT2D eigenvalue weighted by molar-refractivity contribution is -0.385. The number of thiophene rings is 1. The fourth-order valence-corrected chi connectivity index (χ4v) is 4.29. The van der Waals surface area contributed by atoms with Crippen molar-refractivity contribution in [3.05, 3.63) is 68.3 Å². The van der Waals surface area contributed by atoms with Crippen molar-refractivity contribution in [3.63, 3.8) is 0 Å². The van der Waals surface area contributed by atoms with Crippen LogP contribution in [0.1, 0.15) is 18.8 Å². The molecule has 152 valence electrons. The molecule has 4 aromatic rings. The van der Waals surface area contributed by atoms with Gasteiger partial charge in [0, 0.05) is 24.7 Å². The summed E-state index contributed by atoms with van der Waals surface area (Å²) in [5.41, 5.74) is 1.20. The monoisotopic (exact) mass is 461 g/mol. The Labute approximate surface area is 184 Å². The minimum atomic E-state index is -0.501. The number of imidazole rings is 1. The molecule has 0 bridgehead atoms. The van der Waals surface area contributed by atoms with Gasteiger partial charge in [-0.15, -0.1) is 11.3 Å². The number of halogens is 2. The van der Waals surface area contributed by atoms with Crippen LogP contribution < -0.4 is 5.32 Å². The Morgan fingerprint density at radius 1 is 1.23 bits per heavy atom. The third-order valence-electron chi connectivity index (χ3n) is 4.14. The highest BCUT2D eigenvalue weighted by Crippen LogP contribution is 2.41. The molecule has 0 aliphatic rings. The second-order valence-electron chi connectivity index (χ2n) is 6.18. The van der Waals surface area contributed by atoms with Crippen molar-refractivity contribution in [2.24, 2.45) is 0 Å². The van der Waals surface area contributed by atoms with Crippen LogP contribution in [-0.2, 0) is 0 Å². The molecule has 0 aliphatic heterocycles. The van der Waals surface area contributed by atoms with Crippen molar-refractivity contribution in [1.82, 2.24) is 24.9 Å². The molecule has 4 rings (SSSR count). The van der Waals surface area contributed by atoms with Gasteiger partial charge in [0.05, 0.1) is 36.5 Å². The lowest BCUT2D eigenvalue weighted by atomic mass is 10.1. The van der Waals surface area contributed by atoms with Crippen molar-refractivity contribution in [2.45, 2.75) is 13.0 Å². The Hall–Kier alpha value is -3.08. The Bertz CT molecular complexity index is 1200. The minimum Gasteiger partial charge on any atom is -0.360 e. The molecule has 4 aromatic heterocycles. The second-order valence-corrected chi connectivity index (χ2v) is 8.27. The van der Waals surface area contributed by atoms with Crippen LogP contribution in [0.25, 0.3) is 22.0 Å². The number of nitrogens with zero attached hydrogens (tertiary/aromatic N) is 5. The van der Waals surface area contributed by atoms with E-state index in [0.717, 1.165) is 0 Å². The molecule has 9 nitrogen and oxygen atoms in total. The number of rotatable bonds is 6. The van der Waals surface area contributed by atoms with Gasteiger partial charge < -0.3 is 10.3 Å². The molecule has 0 saturated carbocycles. The van der Waals surface area contributed by atoms with Gasteiger partial charge in [-0.1, -0.05) is 23.2 Å². The number of pyridine rings is 1. The summed E-state index contributed by atoms with van der Waals surface area (Å²) < 4.78 is 0.543. The molecule has 0 fully saturated rings. The molecule has 0 spiro atoms. The van der Waals surface area contributed by atoms with Gasteiger partial charge >= 0.3 is 0 Å². The Balaban J connectivity index is 1.69. The first-order valence-electron chi connectivity index (χ1n) is 8.61. The second kappa shape index (κ2) is 8.34. The summed E-state index contributed by atoms with van der Waals surface area (Å²) in [5, 5.41) is 14.4. The van der Waals surface area contributed by atoms with Gasteiger partial charge in [0.25, 0.3) is 5.69 Å². The van der Waals surface area contributed by atoms with Crippen molar-refractivity contribution >= 4 is 46.0 Å². The average molecular weight is 462 g/mol. The van der Waals surface area contributed by atoms with Gasteiger partial charge in [0.2, 0.25) is 0 Å². The Morgan fingerprint density at radius 3 is 2.67 bits per heavy atom. The number of nitrogens with one attached hydrogen (secondary N) is 2. The number of hydrogen-bond donors (Lipinski definition) is 2. The summed E-state index contributed by atoms with van der Waals surface area (Å²) in [7, 11) is 0. The zero-order chi connectivity index (χ0) is 21.3.